The quantitative estimate of drug-likeness (QED) is 0.817. The molecule has 2 N–H and O–H groups in total. The molecule has 0 bridgehead atoms. The van der Waals surface area contributed by atoms with Crippen molar-refractivity contribution in [3.63, 3.8) is 0 Å². The first-order valence-electron chi connectivity index (χ1n) is 5.23. The number of hydrogen-bond donors (Lipinski definition) is 1. The molecule has 1 aliphatic rings. The van der Waals surface area contributed by atoms with Crippen molar-refractivity contribution < 1.29 is 8.78 Å². The Balaban J connectivity index is 2.21. The lowest BCUT2D eigenvalue weighted by atomic mass is 9.90. The third-order valence-corrected chi connectivity index (χ3v) is 3.41. The van der Waals surface area contributed by atoms with Gasteiger partial charge in [-0.25, -0.2) is 8.78 Å². The average Bonchev–Trinajstić information content (AvgIpc) is 2.92. The van der Waals surface area contributed by atoms with Crippen molar-refractivity contribution in [1.82, 2.24) is 0 Å². The molecule has 3 heteroatoms. The monoisotopic (exact) mass is 211 g/mol. The summed E-state index contributed by atoms with van der Waals surface area (Å²) in [5, 5.41) is 0. The lowest BCUT2D eigenvalue weighted by Crippen LogP contribution is -2.30. The highest BCUT2D eigenvalue weighted by atomic mass is 19.1. The summed E-state index contributed by atoms with van der Waals surface area (Å²) in [6, 6.07) is 3.64. The minimum atomic E-state index is -0.383. The molecule has 0 heterocycles. The second-order valence-corrected chi connectivity index (χ2v) is 4.56. The zero-order valence-electron chi connectivity index (χ0n) is 8.76. The normalized spacial score (nSPS) is 20.0. The summed E-state index contributed by atoms with van der Waals surface area (Å²) < 4.78 is 26.3. The van der Waals surface area contributed by atoms with Crippen LogP contribution in [0.3, 0.4) is 0 Å². The zero-order chi connectivity index (χ0) is 11.1. The molecule has 1 aromatic carbocycles. The molecule has 0 amide bonds. The van der Waals surface area contributed by atoms with Gasteiger partial charge in [-0.3, -0.25) is 0 Å². The van der Waals surface area contributed by atoms with E-state index in [1.807, 2.05) is 6.92 Å². The number of nitrogens with two attached hydrogens (primary N) is 1. The fourth-order valence-corrected chi connectivity index (χ4v) is 2.01. The number of rotatable bonds is 3. The summed E-state index contributed by atoms with van der Waals surface area (Å²) in [5.74, 6) is -0.713. The van der Waals surface area contributed by atoms with Crippen LogP contribution in [-0.2, 0) is 6.42 Å². The minimum Gasteiger partial charge on any atom is -0.327 e. The molecule has 0 aromatic heterocycles. The largest absolute Gasteiger partial charge is 0.327 e. The van der Waals surface area contributed by atoms with Crippen LogP contribution >= 0.6 is 0 Å². The minimum absolute atomic E-state index is 0.00856. The van der Waals surface area contributed by atoms with E-state index >= 15 is 0 Å². The van der Waals surface area contributed by atoms with Crippen molar-refractivity contribution in [3.8, 4) is 0 Å². The van der Waals surface area contributed by atoms with Gasteiger partial charge in [0.15, 0.2) is 0 Å². The van der Waals surface area contributed by atoms with Crippen molar-refractivity contribution >= 4 is 0 Å². The fourth-order valence-electron chi connectivity index (χ4n) is 2.01. The van der Waals surface area contributed by atoms with E-state index in [0.29, 0.717) is 12.0 Å². The van der Waals surface area contributed by atoms with E-state index in [9.17, 15) is 8.78 Å². The van der Waals surface area contributed by atoms with Gasteiger partial charge in [0, 0.05) is 6.04 Å². The molecule has 0 radical (unpaired) electrons. The predicted octanol–water partition coefficient (Wildman–Crippen LogP) is 2.63. The van der Waals surface area contributed by atoms with Crippen LogP contribution in [0.25, 0.3) is 0 Å². The molecule has 2 rings (SSSR count). The highest BCUT2D eigenvalue weighted by Gasteiger charge is 2.46. The average molecular weight is 211 g/mol. The van der Waals surface area contributed by atoms with E-state index < -0.39 is 0 Å². The van der Waals surface area contributed by atoms with Crippen LogP contribution < -0.4 is 5.73 Å². The third kappa shape index (κ3) is 2.02. The Labute approximate surface area is 88.3 Å². The summed E-state index contributed by atoms with van der Waals surface area (Å²) in [5.41, 5.74) is 6.31. The van der Waals surface area contributed by atoms with E-state index in [0.717, 1.165) is 18.9 Å². The Hall–Kier alpha value is -0.960. The van der Waals surface area contributed by atoms with E-state index in [2.05, 4.69) is 0 Å². The molecule has 1 aliphatic carbocycles. The van der Waals surface area contributed by atoms with Crippen LogP contribution in [0.5, 0.6) is 0 Å². The van der Waals surface area contributed by atoms with Crippen molar-refractivity contribution in [2.45, 2.75) is 32.2 Å². The SMILES string of the molecule is CC(N)C1(Cc2cc(F)ccc2F)CC1. The highest BCUT2D eigenvalue weighted by molar-refractivity contribution is 5.22. The molecule has 1 atom stereocenters. The van der Waals surface area contributed by atoms with E-state index in [1.54, 1.807) is 0 Å². The van der Waals surface area contributed by atoms with Gasteiger partial charge in [0.2, 0.25) is 0 Å². The zero-order valence-corrected chi connectivity index (χ0v) is 8.76. The lowest BCUT2D eigenvalue weighted by Gasteiger charge is -2.19. The Morgan fingerprint density at radius 2 is 2.07 bits per heavy atom. The van der Waals surface area contributed by atoms with Gasteiger partial charge in [-0.2, -0.15) is 0 Å². The molecule has 15 heavy (non-hydrogen) atoms. The maximum Gasteiger partial charge on any atom is 0.126 e. The molecular formula is C12H15F2N. The summed E-state index contributed by atoms with van der Waals surface area (Å²) in [6.07, 6.45) is 2.58. The Morgan fingerprint density at radius 3 is 2.60 bits per heavy atom. The highest BCUT2D eigenvalue weighted by Crippen LogP contribution is 2.50. The van der Waals surface area contributed by atoms with Crippen molar-refractivity contribution in [2.75, 3.05) is 0 Å². The number of benzene rings is 1. The van der Waals surface area contributed by atoms with Crippen molar-refractivity contribution in [1.29, 1.82) is 0 Å². The number of hydrogen-bond acceptors (Lipinski definition) is 1. The van der Waals surface area contributed by atoms with Gasteiger partial charge in [0.25, 0.3) is 0 Å². The molecule has 1 aromatic rings. The summed E-state index contributed by atoms with van der Waals surface area (Å²) >= 11 is 0. The molecule has 1 fully saturated rings. The van der Waals surface area contributed by atoms with Crippen LogP contribution in [0.1, 0.15) is 25.3 Å². The Bertz CT molecular complexity index is 370. The summed E-state index contributed by atoms with van der Waals surface area (Å²) in [6.45, 7) is 1.93. The molecule has 0 spiro atoms. The standard InChI is InChI=1S/C12H15F2N/c1-8(15)12(4-5-12)7-9-6-10(13)2-3-11(9)14/h2-3,6,8H,4-5,7,15H2,1H3. The van der Waals surface area contributed by atoms with Gasteiger partial charge in [0.05, 0.1) is 0 Å². The summed E-state index contributed by atoms with van der Waals surface area (Å²) in [7, 11) is 0. The van der Waals surface area contributed by atoms with Crippen LogP contribution in [0.2, 0.25) is 0 Å². The van der Waals surface area contributed by atoms with Crippen LogP contribution in [-0.4, -0.2) is 6.04 Å². The first-order valence-corrected chi connectivity index (χ1v) is 5.23. The van der Waals surface area contributed by atoms with E-state index in [-0.39, 0.29) is 23.1 Å². The topological polar surface area (TPSA) is 26.0 Å². The number of halogens is 2. The second kappa shape index (κ2) is 3.56. The lowest BCUT2D eigenvalue weighted by molar-refractivity contribution is 0.409. The third-order valence-electron chi connectivity index (χ3n) is 3.41. The van der Waals surface area contributed by atoms with E-state index in [1.165, 1.54) is 12.1 Å². The van der Waals surface area contributed by atoms with Gasteiger partial charge in [-0.15, -0.1) is 0 Å². The van der Waals surface area contributed by atoms with Gasteiger partial charge in [0.1, 0.15) is 11.6 Å². The molecule has 1 nitrogen and oxygen atoms in total. The van der Waals surface area contributed by atoms with Crippen LogP contribution in [0, 0.1) is 17.0 Å². The molecule has 0 aliphatic heterocycles. The van der Waals surface area contributed by atoms with E-state index in [4.69, 9.17) is 5.73 Å². The van der Waals surface area contributed by atoms with Crippen molar-refractivity contribution in [3.05, 3.63) is 35.4 Å². The van der Waals surface area contributed by atoms with Crippen LogP contribution in [0.15, 0.2) is 18.2 Å². The molecule has 1 unspecified atom stereocenters. The maximum absolute atomic E-state index is 13.4. The van der Waals surface area contributed by atoms with Gasteiger partial charge in [-0.05, 0) is 55.4 Å². The van der Waals surface area contributed by atoms with Gasteiger partial charge in [-0.1, -0.05) is 0 Å². The Kier molecular flexibility index (Phi) is 2.51. The first-order chi connectivity index (χ1) is 7.03. The predicted molar refractivity (Wildman–Crippen MR) is 55.4 cm³/mol. The molecule has 0 saturated heterocycles. The summed E-state index contributed by atoms with van der Waals surface area (Å²) in [4.78, 5) is 0. The molecular weight excluding hydrogens is 196 g/mol. The van der Waals surface area contributed by atoms with Crippen LogP contribution in [0.4, 0.5) is 8.78 Å². The van der Waals surface area contributed by atoms with Gasteiger partial charge >= 0.3 is 0 Å². The fraction of sp³-hybridized carbons (Fsp3) is 0.500. The molecule has 1 saturated carbocycles. The van der Waals surface area contributed by atoms with Crippen molar-refractivity contribution in [2.24, 2.45) is 11.1 Å². The molecule has 82 valence electrons. The second-order valence-electron chi connectivity index (χ2n) is 4.56. The smallest absolute Gasteiger partial charge is 0.126 e. The maximum atomic E-state index is 13.4. The van der Waals surface area contributed by atoms with Gasteiger partial charge < -0.3 is 5.73 Å². The Morgan fingerprint density at radius 1 is 1.40 bits per heavy atom. The first kappa shape index (κ1) is 10.6.